The first-order chi connectivity index (χ1) is 12.6. The Morgan fingerprint density at radius 2 is 2.00 bits per heavy atom. The molecule has 0 aliphatic carbocycles. The number of rotatable bonds is 6. The van der Waals surface area contributed by atoms with Gasteiger partial charge in [-0.1, -0.05) is 18.2 Å². The Balaban J connectivity index is 2.31. The van der Waals surface area contributed by atoms with Crippen molar-refractivity contribution in [3.63, 3.8) is 0 Å². The van der Waals surface area contributed by atoms with E-state index in [1.165, 1.54) is 13.2 Å². The molecule has 0 radical (unpaired) electrons. The fraction of sp³-hybridized carbons (Fsp3) is 0.105. The Morgan fingerprint density at radius 3 is 2.62 bits per heavy atom. The normalized spacial score (nSPS) is 10.4. The van der Waals surface area contributed by atoms with Gasteiger partial charge in [-0.05, 0) is 51.8 Å². The molecule has 7 heteroatoms. The van der Waals surface area contributed by atoms with Gasteiger partial charge >= 0.3 is 0 Å². The van der Waals surface area contributed by atoms with Crippen molar-refractivity contribution in [1.29, 1.82) is 10.5 Å². The summed E-state index contributed by atoms with van der Waals surface area (Å²) in [4.78, 5) is 12.3. The third-order valence-electron chi connectivity index (χ3n) is 3.24. The van der Waals surface area contributed by atoms with E-state index in [-0.39, 0.29) is 12.2 Å². The maximum atomic E-state index is 12.3. The van der Waals surface area contributed by atoms with Crippen molar-refractivity contribution in [2.24, 2.45) is 0 Å². The fourth-order valence-electron chi connectivity index (χ4n) is 2.10. The highest BCUT2D eigenvalue weighted by Crippen LogP contribution is 2.37. The van der Waals surface area contributed by atoms with Crippen LogP contribution in [0.1, 0.15) is 5.56 Å². The molecule has 1 amide bonds. The van der Waals surface area contributed by atoms with Crippen LogP contribution in [0.3, 0.4) is 0 Å². The zero-order chi connectivity index (χ0) is 18.9. The number of nitrogens with one attached hydrogen (secondary N) is 1. The topological polar surface area (TPSA) is 95.1 Å². The van der Waals surface area contributed by atoms with Crippen LogP contribution in [-0.4, -0.2) is 19.6 Å². The summed E-state index contributed by atoms with van der Waals surface area (Å²) in [6.45, 7) is -0.132. The first kappa shape index (κ1) is 19.0. The summed E-state index contributed by atoms with van der Waals surface area (Å²) >= 11 is 3.34. The van der Waals surface area contributed by atoms with Gasteiger partial charge in [0.05, 0.1) is 11.6 Å². The lowest BCUT2D eigenvalue weighted by Crippen LogP contribution is -2.13. The zero-order valence-electron chi connectivity index (χ0n) is 13.8. The maximum Gasteiger partial charge on any atom is 0.266 e. The lowest BCUT2D eigenvalue weighted by Gasteiger charge is -2.11. The molecule has 26 heavy (non-hydrogen) atoms. The van der Waals surface area contributed by atoms with E-state index in [1.807, 2.05) is 18.2 Å². The van der Waals surface area contributed by atoms with Crippen LogP contribution in [0.5, 0.6) is 11.5 Å². The van der Waals surface area contributed by atoms with Gasteiger partial charge in [-0.2, -0.15) is 10.5 Å². The van der Waals surface area contributed by atoms with E-state index in [0.29, 0.717) is 27.2 Å². The van der Waals surface area contributed by atoms with Crippen molar-refractivity contribution in [3.8, 4) is 23.6 Å². The Morgan fingerprint density at radius 1 is 1.27 bits per heavy atom. The van der Waals surface area contributed by atoms with Gasteiger partial charge in [-0.3, -0.25) is 4.79 Å². The molecule has 6 nitrogen and oxygen atoms in total. The molecule has 0 aromatic heterocycles. The largest absolute Gasteiger partial charge is 0.493 e. The second kappa shape index (κ2) is 9.26. The molecule has 2 aromatic carbocycles. The molecule has 0 atom stereocenters. The second-order valence-corrected chi connectivity index (χ2v) is 5.83. The molecule has 0 fully saturated rings. The fourth-order valence-corrected chi connectivity index (χ4v) is 2.68. The van der Waals surface area contributed by atoms with Crippen LogP contribution < -0.4 is 14.8 Å². The van der Waals surface area contributed by atoms with Crippen LogP contribution in [0.4, 0.5) is 5.69 Å². The van der Waals surface area contributed by atoms with Crippen LogP contribution in [0.25, 0.3) is 6.08 Å². The third-order valence-corrected chi connectivity index (χ3v) is 3.83. The molecule has 0 saturated carbocycles. The SMILES string of the molecule is COc1cc(/C=C(/C#N)C(=O)Nc2ccccc2)cc(Br)c1OCC#N. The average Bonchev–Trinajstić information content (AvgIpc) is 2.65. The quantitative estimate of drug-likeness (QED) is 0.574. The Kier molecular flexibility index (Phi) is 6.78. The van der Waals surface area contributed by atoms with Gasteiger partial charge in [0, 0.05) is 5.69 Å². The second-order valence-electron chi connectivity index (χ2n) is 4.97. The van der Waals surface area contributed by atoms with Gasteiger partial charge in [-0.15, -0.1) is 0 Å². The summed E-state index contributed by atoms with van der Waals surface area (Å²) < 4.78 is 11.1. The van der Waals surface area contributed by atoms with Gasteiger partial charge < -0.3 is 14.8 Å². The van der Waals surface area contributed by atoms with E-state index < -0.39 is 5.91 Å². The smallest absolute Gasteiger partial charge is 0.266 e. The number of hydrogen-bond donors (Lipinski definition) is 1. The number of benzene rings is 2. The lowest BCUT2D eigenvalue weighted by atomic mass is 10.1. The molecular weight excluding hydrogens is 398 g/mol. The summed E-state index contributed by atoms with van der Waals surface area (Å²) in [7, 11) is 1.46. The molecule has 0 heterocycles. The summed E-state index contributed by atoms with van der Waals surface area (Å²) in [6, 6.07) is 15.9. The van der Waals surface area contributed by atoms with Crippen LogP contribution in [0, 0.1) is 22.7 Å². The number of methoxy groups -OCH3 is 1. The Labute approximate surface area is 159 Å². The highest BCUT2D eigenvalue weighted by atomic mass is 79.9. The summed E-state index contributed by atoms with van der Waals surface area (Å²) in [5, 5.41) is 20.6. The molecule has 130 valence electrons. The van der Waals surface area contributed by atoms with Gasteiger partial charge in [0.25, 0.3) is 5.91 Å². The molecule has 0 saturated heterocycles. The first-order valence-electron chi connectivity index (χ1n) is 7.44. The first-order valence-corrected chi connectivity index (χ1v) is 8.23. The lowest BCUT2D eigenvalue weighted by molar-refractivity contribution is -0.112. The number of anilines is 1. The minimum atomic E-state index is -0.515. The highest BCUT2D eigenvalue weighted by molar-refractivity contribution is 9.10. The number of carbonyl (C=O) groups excluding carboxylic acids is 1. The van der Waals surface area contributed by atoms with Crippen molar-refractivity contribution >= 4 is 33.6 Å². The number of nitriles is 2. The predicted molar refractivity (Wildman–Crippen MR) is 100 cm³/mol. The zero-order valence-corrected chi connectivity index (χ0v) is 15.4. The number of amides is 1. The van der Waals surface area contributed by atoms with Crippen molar-refractivity contribution in [3.05, 3.63) is 58.1 Å². The van der Waals surface area contributed by atoms with Gasteiger partial charge in [0.2, 0.25) is 0 Å². The van der Waals surface area contributed by atoms with Gasteiger partial charge in [-0.25, -0.2) is 0 Å². The van der Waals surface area contributed by atoms with E-state index in [9.17, 15) is 10.1 Å². The molecule has 0 unspecified atom stereocenters. The van der Waals surface area contributed by atoms with Gasteiger partial charge in [0.15, 0.2) is 18.1 Å². The van der Waals surface area contributed by atoms with E-state index in [2.05, 4.69) is 21.2 Å². The number of carbonyl (C=O) groups is 1. The van der Waals surface area contributed by atoms with E-state index in [1.54, 1.807) is 36.4 Å². The van der Waals surface area contributed by atoms with E-state index >= 15 is 0 Å². The van der Waals surface area contributed by atoms with Crippen LogP contribution in [0.2, 0.25) is 0 Å². The highest BCUT2D eigenvalue weighted by Gasteiger charge is 2.14. The minimum Gasteiger partial charge on any atom is -0.493 e. The summed E-state index contributed by atoms with van der Waals surface area (Å²) in [5.74, 6) is 0.235. The molecule has 0 aliphatic rings. The number of halogens is 1. The van der Waals surface area contributed by atoms with E-state index in [0.717, 1.165) is 0 Å². The van der Waals surface area contributed by atoms with Crippen molar-refractivity contribution in [2.75, 3.05) is 19.0 Å². The summed E-state index contributed by atoms with van der Waals surface area (Å²) in [5.41, 5.74) is 1.10. The maximum absolute atomic E-state index is 12.3. The average molecular weight is 412 g/mol. The molecule has 1 N–H and O–H groups in total. The third kappa shape index (κ3) is 4.85. The summed E-state index contributed by atoms with van der Waals surface area (Å²) in [6.07, 6.45) is 1.44. The molecule has 0 bridgehead atoms. The number of hydrogen-bond acceptors (Lipinski definition) is 5. The van der Waals surface area contributed by atoms with Crippen LogP contribution in [0.15, 0.2) is 52.5 Å². The Hall–Kier alpha value is -3.29. The number of para-hydroxylation sites is 1. The van der Waals surface area contributed by atoms with Gasteiger partial charge in [0.1, 0.15) is 17.7 Å². The molecule has 2 aromatic rings. The van der Waals surface area contributed by atoms with Crippen molar-refractivity contribution in [2.45, 2.75) is 0 Å². The Bertz CT molecular complexity index is 912. The predicted octanol–water partition coefficient (Wildman–Crippen LogP) is 3.91. The van der Waals surface area contributed by atoms with E-state index in [4.69, 9.17) is 14.7 Å². The van der Waals surface area contributed by atoms with Crippen LogP contribution >= 0.6 is 15.9 Å². The molecular formula is C19H14BrN3O3. The van der Waals surface area contributed by atoms with Crippen molar-refractivity contribution in [1.82, 2.24) is 0 Å². The van der Waals surface area contributed by atoms with Crippen LogP contribution in [-0.2, 0) is 4.79 Å². The molecule has 0 aliphatic heterocycles. The standard InChI is InChI=1S/C19H14BrN3O3/c1-25-17-11-13(10-16(20)18(17)26-8-7-21)9-14(12-22)19(24)23-15-5-3-2-4-6-15/h2-6,9-11H,8H2,1H3,(H,23,24)/b14-9-. The molecule has 2 rings (SSSR count). The number of nitrogens with zero attached hydrogens (tertiary/aromatic N) is 2. The number of ether oxygens (including phenoxy) is 2. The van der Waals surface area contributed by atoms with Crippen molar-refractivity contribution < 1.29 is 14.3 Å². The minimum absolute atomic E-state index is 0.0616. The monoisotopic (exact) mass is 411 g/mol. The molecule has 0 spiro atoms.